The van der Waals surface area contributed by atoms with Gasteiger partial charge in [-0.05, 0) is 18.2 Å². The van der Waals surface area contributed by atoms with Crippen LogP contribution in [-0.4, -0.2) is 18.9 Å². The second-order valence-corrected chi connectivity index (χ2v) is 5.50. The smallest absolute Gasteiger partial charge is 0.373 e. The van der Waals surface area contributed by atoms with E-state index < -0.39 is 27.2 Å². The number of benzene rings is 1. The molecule has 2 aromatic rings. The normalized spacial score (nSPS) is 12.6. The van der Waals surface area contributed by atoms with E-state index in [2.05, 4.69) is 9.17 Å². The standard InChI is InChI=1S/C11H8F4N2O3S/c12-10-8-3-7(4-16)17-5-6(8)1-2-9(10)20-21(18,19)11(13,14)15/h1-3,5H,4,16H2. The average Bonchev–Trinajstić information content (AvgIpc) is 2.40. The van der Waals surface area contributed by atoms with E-state index in [1.807, 2.05) is 0 Å². The molecule has 0 saturated carbocycles. The van der Waals surface area contributed by atoms with Crippen molar-refractivity contribution in [1.82, 2.24) is 4.98 Å². The number of rotatable bonds is 3. The molecule has 0 amide bonds. The van der Waals surface area contributed by atoms with Gasteiger partial charge in [-0.3, -0.25) is 4.98 Å². The quantitative estimate of drug-likeness (QED) is 0.531. The highest BCUT2D eigenvalue weighted by atomic mass is 32.2. The Labute approximate surface area is 116 Å². The zero-order valence-corrected chi connectivity index (χ0v) is 11.0. The van der Waals surface area contributed by atoms with Crippen LogP contribution in [0, 0.1) is 5.82 Å². The Morgan fingerprint density at radius 1 is 1.29 bits per heavy atom. The summed E-state index contributed by atoms with van der Waals surface area (Å²) in [5, 5.41) is 0.127. The van der Waals surface area contributed by atoms with Crippen molar-refractivity contribution in [3.05, 3.63) is 35.9 Å². The molecule has 0 radical (unpaired) electrons. The van der Waals surface area contributed by atoms with E-state index >= 15 is 0 Å². The third-order valence-electron chi connectivity index (χ3n) is 2.55. The van der Waals surface area contributed by atoms with E-state index in [9.17, 15) is 26.0 Å². The monoisotopic (exact) mass is 324 g/mol. The van der Waals surface area contributed by atoms with Gasteiger partial charge in [0.2, 0.25) is 0 Å². The highest BCUT2D eigenvalue weighted by Crippen LogP contribution is 2.31. The van der Waals surface area contributed by atoms with Gasteiger partial charge in [0.1, 0.15) is 0 Å². The summed E-state index contributed by atoms with van der Waals surface area (Å²) in [6, 6.07) is 3.18. The van der Waals surface area contributed by atoms with Crippen molar-refractivity contribution in [1.29, 1.82) is 0 Å². The molecule has 0 unspecified atom stereocenters. The third kappa shape index (κ3) is 2.90. The van der Waals surface area contributed by atoms with E-state index in [-0.39, 0.29) is 23.0 Å². The summed E-state index contributed by atoms with van der Waals surface area (Å²) in [4.78, 5) is 3.88. The molecule has 1 heterocycles. The zero-order chi connectivity index (χ0) is 15.8. The second kappa shape index (κ2) is 5.11. The molecule has 0 saturated heterocycles. The summed E-state index contributed by atoms with van der Waals surface area (Å²) in [5.74, 6) is -2.29. The van der Waals surface area contributed by atoms with Crippen molar-refractivity contribution in [2.24, 2.45) is 5.73 Å². The number of hydrogen-bond donors (Lipinski definition) is 1. The fourth-order valence-corrected chi connectivity index (χ4v) is 2.00. The number of alkyl halides is 3. The van der Waals surface area contributed by atoms with Gasteiger partial charge >= 0.3 is 15.6 Å². The first-order chi connectivity index (χ1) is 9.65. The molecule has 114 valence electrons. The molecule has 1 aromatic heterocycles. The third-order valence-corrected chi connectivity index (χ3v) is 3.52. The summed E-state index contributed by atoms with van der Waals surface area (Å²) in [6.45, 7) is -0.0126. The molecule has 0 bridgehead atoms. The lowest BCUT2D eigenvalue weighted by Gasteiger charge is -2.11. The van der Waals surface area contributed by atoms with E-state index in [1.54, 1.807) is 0 Å². The van der Waals surface area contributed by atoms with Crippen LogP contribution >= 0.6 is 0 Å². The zero-order valence-electron chi connectivity index (χ0n) is 10.2. The molecule has 0 atom stereocenters. The highest BCUT2D eigenvalue weighted by molar-refractivity contribution is 7.88. The van der Waals surface area contributed by atoms with Crippen LogP contribution in [0.25, 0.3) is 10.8 Å². The number of halogens is 4. The topological polar surface area (TPSA) is 82.3 Å². The van der Waals surface area contributed by atoms with E-state index in [4.69, 9.17) is 5.73 Å². The molecule has 0 aliphatic carbocycles. The van der Waals surface area contributed by atoms with Crippen molar-refractivity contribution in [2.45, 2.75) is 12.1 Å². The van der Waals surface area contributed by atoms with Gasteiger partial charge in [0.15, 0.2) is 11.6 Å². The van der Waals surface area contributed by atoms with Gasteiger partial charge in [0.05, 0.1) is 5.69 Å². The molecule has 0 aliphatic rings. The van der Waals surface area contributed by atoms with Crippen LogP contribution < -0.4 is 9.92 Å². The Morgan fingerprint density at radius 3 is 2.52 bits per heavy atom. The van der Waals surface area contributed by atoms with Gasteiger partial charge in [0, 0.05) is 23.5 Å². The minimum absolute atomic E-state index is 0.0126. The molecule has 5 nitrogen and oxygen atoms in total. The Balaban J connectivity index is 2.54. The molecular weight excluding hydrogens is 316 g/mol. The van der Waals surface area contributed by atoms with E-state index in [0.29, 0.717) is 0 Å². The molecule has 0 spiro atoms. The molecule has 1 aromatic carbocycles. The summed E-state index contributed by atoms with van der Waals surface area (Å²) >= 11 is 0. The minimum Gasteiger partial charge on any atom is -0.373 e. The van der Waals surface area contributed by atoms with Gasteiger partial charge in [-0.15, -0.1) is 0 Å². The van der Waals surface area contributed by atoms with Crippen LogP contribution in [0.2, 0.25) is 0 Å². The molecule has 2 rings (SSSR count). The Hall–Kier alpha value is -1.94. The van der Waals surface area contributed by atoms with Gasteiger partial charge in [-0.1, -0.05) is 0 Å². The lowest BCUT2D eigenvalue weighted by molar-refractivity contribution is -0.0500. The van der Waals surface area contributed by atoms with Crippen LogP contribution in [-0.2, 0) is 16.7 Å². The van der Waals surface area contributed by atoms with Crippen molar-refractivity contribution in [2.75, 3.05) is 0 Å². The summed E-state index contributed by atoms with van der Waals surface area (Å²) < 4.78 is 76.3. The predicted molar refractivity (Wildman–Crippen MR) is 65.2 cm³/mol. The minimum atomic E-state index is -5.94. The molecule has 0 aliphatic heterocycles. The average molecular weight is 324 g/mol. The summed E-state index contributed by atoms with van der Waals surface area (Å²) in [6.07, 6.45) is 1.27. The van der Waals surface area contributed by atoms with E-state index in [1.165, 1.54) is 18.3 Å². The lowest BCUT2D eigenvalue weighted by Crippen LogP contribution is -2.28. The van der Waals surface area contributed by atoms with Gasteiger partial charge in [0.25, 0.3) is 0 Å². The highest BCUT2D eigenvalue weighted by Gasteiger charge is 2.48. The predicted octanol–water partition coefficient (Wildman–Crippen LogP) is 2.06. The Kier molecular flexibility index (Phi) is 3.76. The lowest BCUT2D eigenvalue weighted by atomic mass is 10.1. The Bertz CT molecular complexity index is 790. The first-order valence-corrected chi connectivity index (χ1v) is 6.84. The number of pyridine rings is 1. The first-order valence-electron chi connectivity index (χ1n) is 5.43. The largest absolute Gasteiger partial charge is 0.534 e. The van der Waals surface area contributed by atoms with Crippen LogP contribution in [0.5, 0.6) is 5.75 Å². The maximum atomic E-state index is 14.1. The van der Waals surface area contributed by atoms with Crippen LogP contribution in [0.15, 0.2) is 24.4 Å². The van der Waals surface area contributed by atoms with Crippen molar-refractivity contribution < 1.29 is 30.2 Å². The summed E-state index contributed by atoms with van der Waals surface area (Å²) in [7, 11) is -5.94. The van der Waals surface area contributed by atoms with Gasteiger partial charge < -0.3 is 9.92 Å². The van der Waals surface area contributed by atoms with Gasteiger partial charge in [-0.2, -0.15) is 21.6 Å². The fraction of sp³-hybridized carbons (Fsp3) is 0.182. The Morgan fingerprint density at radius 2 is 1.95 bits per heavy atom. The van der Waals surface area contributed by atoms with E-state index in [0.717, 1.165) is 6.07 Å². The molecule has 2 N–H and O–H groups in total. The molecule has 0 fully saturated rings. The van der Waals surface area contributed by atoms with Gasteiger partial charge in [-0.25, -0.2) is 4.39 Å². The van der Waals surface area contributed by atoms with Crippen LogP contribution in [0.4, 0.5) is 17.6 Å². The SMILES string of the molecule is NCc1cc2c(F)c(OS(=O)(=O)C(F)(F)F)ccc2cn1. The van der Waals surface area contributed by atoms with Crippen molar-refractivity contribution in [3.63, 3.8) is 0 Å². The number of fused-ring (bicyclic) bond motifs is 1. The number of nitrogens with zero attached hydrogens (tertiary/aromatic N) is 1. The maximum Gasteiger partial charge on any atom is 0.534 e. The van der Waals surface area contributed by atoms with Crippen molar-refractivity contribution in [3.8, 4) is 5.75 Å². The molecule has 21 heavy (non-hydrogen) atoms. The fourth-order valence-electron chi connectivity index (χ4n) is 1.54. The van der Waals surface area contributed by atoms with Crippen molar-refractivity contribution >= 4 is 20.9 Å². The maximum absolute atomic E-state index is 14.1. The number of hydrogen-bond acceptors (Lipinski definition) is 5. The number of aromatic nitrogens is 1. The molecule has 10 heteroatoms. The van der Waals surface area contributed by atoms with Crippen LogP contribution in [0.3, 0.4) is 0 Å². The summed E-state index contributed by atoms with van der Waals surface area (Å²) in [5.41, 5.74) is -0.0277. The first kappa shape index (κ1) is 15.4. The number of nitrogens with two attached hydrogens (primary N) is 1. The molecular formula is C11H8F4N2O3S. The van der Waals surface area contributed by atoms with Crippen LogP contribution in [0.1, 0.15) is 5.69 Å². The second-order valence-electron chi connectivity index (χ2n) is 3.96.